The van der Waals surface area contributed by atoms with Gasteiger partial charge in [0, 0.05) is 26.2 Å². The number of methoxy groups -OCH3 is 2. The fraction of sp³-hybridized carbons (Fsp3) is 0.588. The molecule has 1 amide bonds. The Hall–Kier alpha value is -1.80. The van der Waals surface area contributed by atoms with Crippen molar-refractivity contribution in [1.29, 1.82) is 0 Å². The normalized spacial score (nSPS) is 15.8. The predicted molar refractivity (Wildman–Crippen MR) is 94.4 cm³/mol. The van der Waals surface area contributed by atoms with Crippen LogP contribution in [0.5, 0.6) is 11.5 Å². The Kier molecular flexibility index (Phi) is 6.66. The molecule has 1 aromatic carbocycles. The largest absolute Gasteiger partial charge is 0.497 e. The monoisotopic (exact) mass is 370 g/mol. The average molecular weight is 370 g/mol. The molecule has 0 radical (unpaired) electrons. The third-order valence-electron chi connectivity index (χ3n) is 4.38. The number of hydrogen-bond donors (Lipinski definition) is 0. The van der Waals surface area contributed by atoms with Crippen LogP contribution in [0.25, 0.3) is 0 Å². The topological polar surface area (TPSA) is 76.1 Å². The van der Waals surface area contributed by atoms with Crippen LogP contribution in [0.2, 0.25) is 0 Å². The Balaban J connectivity index is 2.19. The molecule has 2 rings (SSSR count). The summed E-state index contributed by atoms with van der Waals surface area (Å²) in [6.45, 7) is 1.19. The van der Waals surface area contributed by atoms with E-state index in [9.17, 15) is 13.2 Å². The number of ether oxygens (including phenoxy) is 2. The number of sulfonamides is 1. The van der Waals surface area contributed by atoms with E-state index >= 15 is 0 Å². The van der Waals surface area contributed by atoms with Gasteiger partial charge in [-0.15, -0.1) is 0 Å². The van der Waals surface area contributed by atoms with Crippen molar-refractivity contribution >= 4 is 15.9 Å². The summed E-state index contributed by atoms with van der Waals surface area (Å²) in [6.07, 6.45) is 4.15. The molecule has 140 valence electrons. The Labute approximate surface area is 149 Å². The van der Waals surface area contributed by atoms with E-state index in [4.69, 9.17) is 9.47 Å². The van der Waals surface area contributed by atoms with Crippen molar-refractivity contribution in [3.63, 3.8) is 0 Å². The summed E-state index contributed by atoms with van der Waals surface area (Å²) in [5.41, 5.74) is 0. The highest BCUT2D eigenvalue weighted by molar-refractivity contribution is 7.89. The van der Waals surface area contributed by atoms with Gasteiger partial charge in [0.25, 0.3) is 0 Å². The summed E-state index contributed by atoms with van der Waals surface area (Å²) < 4.78 is 37.1. The van der Waals surface area contributed by atoms with Crippen molar-refractivity contribution in [3.8, 4) is 11.5 Å². The molecule has 0 aliphatic carbocycles. The van der Waals surface area contributed by atoms with Gasteiger partial charge in [0.1, 0.15) is 16.4 Å². The van der Waals surface area contributed by atoms with Crippen LogP contribution in [0.3, 0.4) is 0 Å². The van der Waals surface area contributed by atoms with Crippen LogP contribution in [-0.2, 0) is 14.8 Å². The number of likely N-dealkylation sites (tertiary alicyclic amines) is 1. The summed E-state index contributed by atoms with van der Waals surface area (Å²) in [6, 6.07) is 4.57. The van der Waals surface area contributed by atoms with E-state index in [1.54, 1.807) is 11.0 Å². The first-order valence-corrected chi connectivity index (χ1v) is 9.80. The molecule has 0 atom stereocenters. The summed E-state index contributed by atoms with van der Waals surface area (Å²) in [7, 11) is 0.399. The lowest BCUT2D eigenvalue weighted by atomic mass is 10.2. The summed E-state index contributed by atoms with van der Waals surface area (Å²) in [5, 5.41) is 0. The first-order valence-electron chi connectivity index (χ1n) is 8.36. The lowest BCUT2D eigenvalue weighted by Crippen LogP contribution is -2.41. The minimum absolute atomic E-state index is 0.0134. The predicted octanol–water partition coefficient (Wildman–Crippen LogP) is 1.73. The number of carbonyl (C=O) groups excluding carboxylic acids is 1. The van der Waals surface area contributed by atoms with Gasteiger partial charge in [0.15, 0.2) is 0 Å². The molecule has 0 unspecified atom stereocenters. The number of rotatable bonds is 6. The van der Waals surface area contributed by atoms with Crippen LogP contribution in [0.15, 0.2) is 23.1 Å². The van der Waals surface area contributed by atoms with E-state index in [-0.39, 0.29) is 23.1 Å². The third-order valence-corrected chi connectivity index (χ3v) is 6.20. The van der Waals surface area contributed by atoms with E-state index in [0.717, 1.165) is 30.0 Å². The molecule has 1 aliphatic rings. The van der Waals surface area contributed by atoms with Crippen LogP contribution in [0, 0.1) is 0 Å². The summed E-state index contributed by atoms with van der Waals surface area (Å²) >= 11 is 0. The maximum atomic E-state index is 12.9. The van der Waals surface area contributed by atoms with E-state index in [2.05, 4.69) is 0 Å². The third kappa shape index (κ3) is 4.64. The van der Waals surface area contributed by atoms with Crippen molar-refractivity contribution < 1.29 is 22.7 Å². The van der Waals surface area contributed by atoms with Crippen LogP contribution >= 0.6 is 0 Å². The van der Waals surface area contributed by atoms with Crippen LogP contribution in [-0.4, -0.2) is 64.4 Å². The zero-order valence-electron chi connectivity index (χ0n) is 15.0. The van der Waals surface area contributed by atoms with Crippen molar-refractivity contribution in [2.24, 2.45) is 0 Å². The number of amides is 1. The molecule has 1 aromatic rings. The number of carbonyl (C=O) groups is 1. The summed E-state index contributed by atoms with van der Waals surface area (Å²) in [5.74, 6) is 0.455. The molecule has 0 aromatic heterocycles. The highest BCUT2D eigenvalue weighted by atomic mass is 32.2. The highest BCUT2D eigenvalue weighted by Crippen LogP contribution is 2.30. The molecule has 0 N–H and O–H groups in total. The minimum Gasteiger partial charge on any atom is -0.497 e. The van der Waals surface area contributed by atoms with Gasteiger partial charge in [-0.25, -0.2) is 8.42 Å². The van der Waals surface area contributed by atoms with Gasteiger partial charge in [-0.3, -0.25) is 4.79 Å². The number of benzene rings is 1. The first-order chi connectivity index (χ1) is 11.9. The van der Waals surface area contributed by atoms with Gasteiger partial charge in [0.05, 0.1) is 20.8 Å². The zero-order chi connectivity index (χ0) is 18.4. The highest BCUT2D eigenvalue weighted by Gasteiger charge is 2.28. The van der Waals surface area contributed by atoms with E-state index < -0.39 is 10.0 Å². The van der Waals surface area contributed by atoms with Gasteiger partial charge >= 0.3 is 0 Å². The van der Waals surface area contributed by atoms with Gasteiger partial charge in [0.2, 0.25) is 15.9 Å². The molecule has 25 heavy (non-hydrogen) atoms. The van der Waals surface area contributed by atoms with Gasteiger partial charge in [-0.2, -0.15) is 4.31 Å². The second kappa shape index (κ2) is 8.53. The second-order valence-electron chi connectivity index (χ2n) is 6.07. The molecule has 0 bridgehead atoms. The molecule has 8 heteroatoms. The van der Waals surface area contributed by atoms with Crippen LogP contribution in [0.4, 0.5) is 0 Å². The molecular formula is C17H26N2O5S. The van der Waals surface area contributed by atoms with Gasteiger partial charge < -0.3 is 14.4 Å². The fourth-order valence-corrected chi connectivity index (χ4v) is 4.14. The maximum Gasteiger partial charge on any atom is 0.247 e. The molecule has 0 saturated carbocycles. The van der Waals surface area contributed by atoms with Gasteiger partial charge in [-0.1, -0.05) is 12.8 Å². The molecule has 1 heterocycles. The average Bonchev–Trinajstić information content (AvgIpc) is 2.90. The molecule has 1 saturated heterocycles. The van der Waals surface area contributed by atoms with Crippen LogP contribution < -0.4 is 9.47 Å². The number of hydrogen-bond acceptors (Lipinski definition) is 5. The van der Waals surface area contributed by atoms with Crippen molar-refractivity contribution in [2.75, 3.05) is 40.9 Å². The van der Waals surface area contributed by atoms with Crippen LogP contribution in [0.1, 0.15) is 25.7 Å². The lowest BCUT2D eigenvalue weighted by Gasteiger charge is -2.24. The maximum absolute atomic E-state index is 12.9. The smallest absolute Gasteiger partial charge is 0.247 e. The molecule has 0 spiro atoms. The van der Waals surface area contributed by atoms with Crippen molar-refractivity contribution in [1.82, 2.24) is 9.21 Å². The Morgan fingerprint density at radius 2 is 1.76 bits per heavy atom. The number of likely N-dealkylation sites (N-methyl/N-ethyl adjacent to an activating group) is 1. The molecular weight excluding hydrogens is 344 g/mol. The first kappa shape index (κ1) is 19.5. The van der Waals surface area contributed by atoms with E-state index in [1.807, 2.05) is 0 Å². The minimum atomic E-state index is -3.88. The van der Waals surface area contributed by atoms with E-state index in [0.29, 0.717) is 18.8 Å². The Bertz CT molecular complexity index is 697. The lowest BCUT2D eigenvalue weighted by molar-refractivity contribution is -0.131. The Morgan fingerprint density at radius 3 is 2.32 bits per heavy atom. The number of nitrogens with zero attached hydrogens (tertiary/aromatic N) is 2. The molecule has 7 nitrogen and oxygen atoms in total. The summed E-state index contributed by atoms with van der Waals surface area (Å²) in [4.78, 5) is 14.2. The van der Waals surface area contributed by atoms with Crippen molar-refractivity contribution in [2.45, 2.75) is 30.6 Å². The van der Waals surface area contributed by atoms with Gasteiger partial charge in [-0.05, 0) is 25.0 Å². The standard InChI is InChI=1S/C17H26N2O5S/c1-18(13-17(20)19-10-6-4-5-7-11-19)25(21,22)16-12-14(23-2)8-9-15(16)24-3/h8-9,12H,4-7,10-11,13H2,1-3H3. The van der Waals surface area contributed by atoms with E-state index in [1.165, 1.54) is 33.4 Å². The Morgan fingerprint density at radius 1 is 1.12 bits per heavy atom. The quantitative estimate of drug-likeness (QED) is 0.762. The SMILES string of the molecule is COc1ccc(OC)c(S(=O)(=O)N(C)CC(=O)N2CCCCCC2)c1. The fourth-order valence-electron chi connectivity index (χ4n) is 2.85. The molecule has 1 aliphatic heterocycles. The molecule has 1 fully saturated rings. The second-order valence-corrected chi connectivity index (χ2v) is 8.09. The zero-order valence-corrected chi connectivity index (χ0v) is 15.8. The van der Waals surface area contributed by atoms with Crippen molar-refractivity contribution in [3.05, 3.63) is 18.2 Å².